The standard InChI is InChI=1S/C20H24N2O2.C2H4O2.H2O4S/c1-3-13-12-22-9-7-14(13)10-19(22)20(23)16-6-8-21-18-5-4-15(24-2)11-17(16)18;1-2(3)4;1-5(2,3)4/h3-6,8,11,13-14,19-20,23H,1,7,9-10,12H2,2H3;1H3,(H,3,4);(H2,1,2,3,4)/t13-,14-,19-,20+;;/m0../s1. The molecule has 33 heavy (non-hydrogen) atoms. The fourth-order valence-electron chi connectivity index (χ4n) is 4.44. The largest absolute Gasteiger partial charge is 0.497 e. The van der Waals surface area contributed by atoms with Gasteiger partial charge >= 0.3 is 10.4 Å². The van der Waals surface area contributed by atoms with Crippen molar-refractivity contribution in [2.24, 2.45) is 11.8 Å². The molecular weight excluding hydrogens is 452 g/mol. The van der Waals surface area contributed by atoms with Gasteiger partial charge in [-0.3, -0.25) is 23.8 Å². The quantitative estimate of drug-likeness (QED) is 0.377. The minimum absolute atomic E-state index is 0.178. The van der Waals surface area contributed by atoms with Gasteiger partial charge in [-0.2, -0.15) is 8.42 Å². The highest BCUT2D eigenvalue weighted by Crippen LogP contribution is 2.42. The second-order valence-electron chi connectivity index (χ2n) is 7.94. The number of aliphatic carboxylic acids is 1. The van der Waals surface area contributed by atoms with Gasteiger partial charge in [0.1, 0.15) is 5.75 Å². The van der Waals surface area contributed by atoms with Gasteiger partial charge in [-0.1, -0.05) is 6.08 Å². The molecule has 0 amide bonds. The first kappa shape index (κ1) is 26.7. The van der Waals surface area contributed by atoms with E-state index in [1.807, 2.05) is 24.3 Å². The molecule has 10 nitrogen and oxygen atoms in total. The number of carboxylic acids is 1. The molecule has 182 valence electrons. The van der Waals surface area contributed by atoms with E-state index in [-0.39, 0.29) is 6.04 Å². The molecule has 2 bridgehead atoms. The number of rotatable bonds is 4. The van der Waals surface area contributed by atoms with Crippen LogP contribution in [0.5, 0.6) is 5.75 Å². The van der Waals surface area contributed by atoms with Gasteiger partial charge in [-0.15, -0.1) is 6.58 Å². The van der Waals surface area contributed by atoms with Crippen molar-refractivity contribution in [1.82, 2.24) is 9.88 Å². The Bertz CT molecular complexity index is 1060. The summed E-state index contributed by atoms with van der Waals surface area (Å²) in [5.74, 6) is 1.17. The molecule has 5 atom stereocenters. The normalized spacial score (nSPS) is 24.5. The second-order valence-corrected chi connectivity index (χ2v) is 8.84. The second kappa shape index (κ2) is 11.5. The maximum Gasteiger partial charge on any atom is 0.394 e. The average Bonchev–Trinajstić information content (AvgIpc) is 2.76. The van der Waals surface area contributed by atoms with Crippen molar-refractivity contribution in [3.63, 3.8) is 0 Å². The van der Waals surface area contributed by atoms with E-state index in [0.29, 0.717) is 11.8 Å². The number of aliphatic hydroxyl groups excluding tert-OH is 1. The zero-order valence-corrected chi connectivity index (χ0v) is 19.4. The van der Waals surface area contributed by atoms with E-state index in [2.05, 4.69) is 22.5 Å². The molecule has 3 fully saturated rings. The van der Waals surface area contributed by atoms with Crippen molar-refractivity contribution in [2.45, 2.75) is 31.9 Å². The number of carboxylic acid groups (broad SMARTS) is 1. The van der Waals surface area contributed by atoms with Crippen molar-refractivity contribution in [3.8, 4) is 5.75 Å². The van der Waals surface area contributed by atoms with E-state index in [1.54, 1.807) is 13.3 Å². The first-order chi connectivity index (χ1) is 15.4. The first-order valence-electron chi connectivity index (χ1n) is 10.3. The molecule has 0 aliphatic carbocycles. The third-order valence-electron chi connectivity index (χ3n) is 5.82. The van der Waals surface area contributed by atoms with Gasteiger partial charge in [0.05, 0.1) is 18.7 Å². The van der Waals surface area contributed by atoms with E-state index >= 15 is 0 Å². The van der Waals surface area contributed by atoms with Gasteiger partial charge in [0.15, 0.2) is 0 Å². The monoisotopic (exact) mass is 482 g/mol. The Morgan fingerprint density at radius 2 is 1.97 bits per heavy atom. The average molecular weight is 483 g/mol. The van der Waals surface area contributed by atoms with E-state index in [0.717, 1.165) is 48.6 Å². The lowest BCUT2D eigenvalue weighted by Crippen LogP contribution is -2.54. The van der Waals surface area contributed by atoms with E-state index in [4.69, 9.17) is 32.2 Å². The fourth-order valence-corrected chi connectivity index (χ4v) is 4.44. The SMILES string of the molecule is C=C[C@H]1CN2CC[C@H]1C[C@H]2[C@H](O)c1ccnc2ccc(OC)cc12.CC(=O)O.O=S(=O)(O)O. The topological polar surface area (TPSA) is 157 Å². The summed E-state index contributed by atoms with van der Waals surface area (Å²) in [5, 5.41) is 19.5. The minimum Gasteiger partial charge on any atom is -0.497 e. The highest BCUT2D eigenvalue weighted by Gasteiger charge is 2.42. The van der Waals surface area contributed by atoms with Crippen LogP contribution in [0.1, 0.15) is 31.4 Å². The van der Waals surface area contributed by atoms with Crippen LogP contribution in [0.2, 0.25) is 0 Å². The number of piperidine rings is 3. The summed E-state index contributed by atoms with van der Waals surface area (Å²) >= 11 is 0. The lowest BCUT2D eigenvalue weighted by molar-refractivity contribution is -0.134. The lowest BCUT2D eigenvalue weighted by Gasteiger charge is -2.50. The highest BCUT2D eigenvalue weighted by atomic mass is 32.3. The van der Waals surface area contributed by atoms with E-state index in [1.165, 1.54) is 6.42 Å². The number of hydrogen-bond acceptors (Lipinski definition) is 7. The minimum atomic E-state index is -4.67. The molecule has 3 aliphatic heterocycles. The van der Waals surface area contributed by atoms with Crippen molar-refractivity contribution < 1.29 is 37.3 Å². The first-order valence-corrected chi connectivity index (χ1v) is 11.7. The van der Waals surface area contributed by atoms with Gasteiger partial charge in [-0.05, 0) is 61.1 Å². The molecule has 0 spiro atoms. The molecule has 11 heteroatoms. The Labute approximate surface area is 193 Å². The summed E-state index contributed by atoms with van der Waals surface area (Å²) in [5.41, 5.74) is 1.85. The van der Waals surface area contributed by atoms with Crippen LogP contribution in [0.4, 0.5) is 0 Å². The molecule has 5 rings (SSSR count). The predicted octanol–water partition coefficient (Wildman–Crippen LogP) is 2.61. The zero-order chi connectivity index (χ0) is 24.8. The fraction of sp³-hybridized carbons (Fsp3) is 0.455. The van der Waals surface area contributed by atoms with Gasteiger partial charge in [0.25, 0.3) is 5.97 Å². The smallest absolute Gasteiger partial charge is 0.394 e. The Morgan fingerprint density at radius 3 is 2.48 bits per heavy atom. The molecule has 3 saturated heterocycles. The van der Waals surface area contributed by atoms with Crippen LogP contribution in [0, 0.1) is 11.8 Å². The molecule has 0 radical (unpaired) electrons. The Kier molecular flexibility index (Phi) is 9.32. The number of carbonyl (C=O) groups is 1. The molecule has 4 heterocycles. The van der Waals surface area contributed by atoms with E-state index in [9.17, 15) is 5.11 Å². The Balaban J connectivity index is 0.000000368. The maximum absolute atomic E-state index is 11.2. The number of ether oxygens (including phenoxy) is 1. The van der Waals surface area contributed by atoms with Crippen molar-refractivity contribution in [2.75, 3.05) is 20.2 Å². The van der Waals surface area contributed by atoms with Gasteiger partial charge in [-0.25, -0.2) is 0 Å². The summed E-state index contributed by atoms with van der Waals surface area (Å²) in [7, 11) is -3.01. The molecule has 0 saturated carbocycles. The van der Waals surface area contributed by atoms with Crippen molar-refractivity contribution >= 4 is 27.3 Å². The number of pyridine rings is 1. The number of aromatic nitrogens is 1. The summed E-state index contributed by atoms with van der Waals surface area (Å²) in [6.07, 6.45) is 5.62. The Morgan fingerprint density at radius 1 is 1.33 bits per heavy atom. The molecular formula is C22H30N2O8S. The number of nitrogens with zero attached hydrogens (tertiary/aromatic N) is 2. The Hall–Kier alpha value is -2.57. The van der Waals surface area contributed by atoms with Crippen molar-refractivity contribution in [1.29, 1.82) is 0 Å². The number of aliphatic hydroxyl groups is 1. The third-order valence-corrected chi connectivity index (χ3v) is 5.82. The van der Waals surface area contributed by atoms with Crippen LogP contribution in [-0.2, 0) is 15.2 Å². The van der Waals surface area contributed by atoms with Gasteiger partial charge < -0.3 is 14.9 Å². The number of benzene rings is 1. The zero-order valence-electron chi connectivity index (χ0n) is 18.5. The van der Waals surface area contributed by atoms with Crippen molar-refractivity contribution in [3.05, 3.63) is 48.7 Å². The van der Waals surface area contributed by atoms with Crippen LogP contribution < -0.4 is 4.74 Å². The van der Waals surface area contributed by atoms with Gasteiger partial charge in [0, 0.05) is 31.1 Å². The summed E-state index contributed by atoms with van der Waals surface area (Å²) < 4.78 is 36.9. The van der Waals surface area contributed by atoms with Crippen LogP contribution >= 0.6 is 0 Å². The maximum atomic E-state index is 11.2. The molecule has 2 aromatic rings. The third kappa shape index (κ3) is 7.76. The molecule has 1 unspecified atom stereocenters. The summed E-state index contributed by atoms with van der Waals surface area (Å²) in [4.78, 5) is 15.9. The summed E-state index contributed by atoms with van der Waals surface area (Å²) in [6.45, 7) is 7.15. The number of hydrogen-bond donors (Lipinski definition) is 4. The molecule has 1 aromatic carbocycles. The van der Waals surface area contributed by atoms with Crippen LogP contribution in [0.3, 0.4) is 0 Å². The van der Waals surface area contributed by atoms with Gasteiger partial charge in [0.2, 0.25) is 0 Å². The van der Waals surface area contributed by atoms with E-state index < -0.39 is 22.5 Å². The molecule has 1 aromatic heterocycles. The highest BCUT2D eigenvalue weighted by molar-refractivity contribution is 7.79. The van der Waals surface area contributed by atoms with Crippen LogP contribution in [0.25, 0.3) is 10.9 Å². The van der Waals surface area contributed by atoms with Crippen LogP contribution in [0.15, 0.2) is 43.1 Å². The number of fused-ring (bicyclic) bond motifs is 4. The summed E-state index contributed by atoms with van der Waals surface area (Å²) in [6, 6.07) is 7.96. The lowest BCUT2D eigenvalue weighted by atomic mass is 9.73. The predicted molar refractivity (Wildman–Crippen MR) is 123 cm³/mol. The molecule has 4 N–H and O–H groups in total. The number of methoxy groups -OCH3 is 1. The molecule has 3 aliphatic rings. The van der Waals surface area contributed by atoms with Crippen LogP contribution in [-0.4, -0.2) is 69.8 Å².